The highest BCUT2D eigenvalue weighted by atomic mass is 19.1. The topological polar surface area (TPSA) is 43.1 Å². The molecule has 0 aliphatic carbocycles. The largest absolute Gasteiger partial charge is 0.252 e. The van der Waals surface area contributed by atoms with Crippen molar-refractivity contribution in [2.75, 3.05) is 0 Å². The molecule has 2 heterocycles. The molecular formula is C13H11FN4. The van der Waals surface area contributed by atoms with Crippen LogP contribution in [-0.2, 0) is 0 Å². The SMILES string of the molecule is Cc1nc2ncnn2c(C)c1-c1ccccc1F. The second-order valence-electron chi connectivity index (χ2n) is 4.11. The normalized spacial score (nSPS) is 11.1. The molecule has 3 aromatic rings. The van der Waals surface area contributed by atoms with Gasteiger partial charge in [0.15, 0.2) is 0 Å². The molecule has 0 radical (unpaired) electrons. The van der Waals surface area contributed by atoms with Gasteiger partial charge in [0.25, 0.3) is 5.78 Å². The minimum absolute atomic E-state index is 0.259. The Morgan fingerprint density at radius 1 is 1.17 bits per heavy atom. The van der Waals surface area contributed by atoms with Gasteiger partial charge in [-0.3, -0.25) is 0 Å². The summed E-state index contributed by atoms with van der Waals surface area (Å²) in [7, 11) is 0. The molecule has 0 fully saturated rings. The molecule has 0 bridgehead atoms. The van der Waals surface area contributed by atoms with Crippen LogP contribution in [0, 0.1) is 19.7 Å². The van der Waals surface area contributed by atoms with Crippen LogP contribution in [0.25, 0.3) is 16.9 Å². The average molecular weight is 242 g/mol. The van der Waals surface area contributed by atoms with E-state index in [4.69, 9.17) is 0 Å². The Morgan fingerprint density at radius 2 is 1.94 bits per heavy atom. The Morgan fingerprint density at radius 3 is 2.72 bits per heavy atom. The standard InChI is InChI=1S/C13H11FN4/c1-8-12(10-5-3-4-6-11(10)14)9(2)18-13(17-8)15-7-16-18/h3-7H,1-2H3. The van der Waals surface area contributed by atoms with Gasteiger partial charge in [-0.05, 0) is 19.9 Å². The molecule has 0 spiro atoms. The maximum absolute atomic E-state index is 13.9. The number of fused-ring (bicyclic) bond motifs is 1. The molecule has 18 heavy (non-hydrogen) atoms. The minimum atomic E-state index is -0.259. The predicted molar refractivity (Wildman–Crippen MR) is 65.7 cm³/mol. The second-order valence-corrected chi connectivity index (χ2v) is 4.11. The summed E-state index contributed by atoms with van der Waals surface area (Å²) in [6.07, 6.45) is 1.44. The molecule has 0 aliphatic heterocycles. The maximum Gasteiger partial charge on any atom is 0.252 e. The molecule has 3 rings (SSSR count). The molecule has 4 nitrogen and oxygen atoms in total. The lowest BCUT2D eigenvalue weighted by molar-refractivity contribution is 0.630. The summed E-state index contributed by atoms with van der Waals surface area (Å²) in [5.74, 6) is 0.273. The molecule has 2 aromatic heterocycles. The number of aryl methyl sites for hydroxylation is 2. The molecule has 0 N–H and O–H groups in total. The van der Waals surface area contributed by atoms with Gasteiger partial charge >= 0.3 is 0 Å². The predicted octanol–water partition coefficient (Wildman–Crippen LogP) is 2.55. The van der Waals surface area contributed by atoms with Crippen molar-refractivity contribution >= 4 is 5.78 Å². The number of nitrogens with zero attached hydrogens (tertiary/aromatic N) is 4. The smallest absolute Gasteiger partial charge is 0.216 e. The second kappa shape index (κ2) is 3.87. The van der Waals surface area contributed by atoms with Crippen molar-refractivity contribution < 1.29 is 4.39 Å². The summed E-state index contributed by atoms with van der Waals surface area (Å²) in [5, 5.41) is 4.10. The number of aromatic nitrogens is 4. The monoisotopic (exact) mass is 242 g/mol. The van der Waals surface area contributed by atoms with E-state index >= 15 is 0 Å². The molecule has 90 valence electrons. The van der Waals surface area contributed by atoms with Gasteiger partial charge in [-0.25, -0.2) is 13.9 Å². The molecule has 0 aliphatic rings. The van der Waals surface area contributed by atoms with Gasteiger partial charge in [0.1, 0.15) is 12.1 Å². The summed E-state index contributed by atoms with van der Waals surface area (Å²) < 4.78 is 15.5. The van der Waals surface area contributed by atoms with Crippen molar-refractivity contribution in [3.63, 3.8) is 0 Å². The zero-order valence-electron chi connectivity index (χ0n) is 10.1. The first kappa shape index (κ1) is 10.8. The van der Waals surface area contributed by atoms with Crippen LogP contribution in [0.2, 0.25) is 0 Å². The first-order valence-corrected chi connectivity index (χ1v) is 5.60. The van der Waals surface area contributed by atoms with Crippen LogP contribution < -0.4 is 0 Å². The average Bonchev–Trinajstić information content (AvgIpc) is 2.79. The highest BCUT2D eigenvalue weighted by Crippen LogP contribution is 2.28. The van der Waals surface area contributed by atoms with Gasteiger partial charge in [-0.15, -0.1) is 0 Å². The van der Waals surface area contributed by atoms with E-state index in [0.717, 1.165) is 17.0 Å². The molecule has 0 amide bonds. The summed E-state index contributed by atoms with van der Waals surface area (Å²) in [5.41, 5.74) is 2.89. The van der Waals surface area contributed by atoms with E-state index in [1.165, 1.54) is 12.4 Å². The lowest BCUT2D eigenvalue weighted by Crippen LogP contribution is -2.03. The van der Waals surface area contributed by atoms with E-state index < -0.39 is 0 Å². The Kier molecular flexibility index (Phi) is 2.33. The van der Waals surface area contributed by atoms with Crippen LogP contribution >= 0.6 is 0 Å². The van der Waals surface area contributed by atoms with Gasteiger partial charge in [0.2, 0.25) is 0 Å². The fourth-order valence-electron chi connectivity index (χ4n) is 2.18. The van der Waals surface area contributed by atoms with Crippen molar-refractivity contribution in [3.05, 3.63) is 47.8 Å². The van der Waals surface area contributed by atoms with E-state index in [0.29, 0.717) is 11.3 Å². The van der Waals surface area contributed by atoms with Crippen molar-refractivity contribution in [3.8, 4) is 11.1 Å². The number of hydrogen-bond donors (Lipinski definition) is 0. The van der Waals surface area contributed by atoms with Crippen LogP contribution in [0.3, 0.4) is 0 Å². The fourth-order valence-corrected chi connectivity index (χ4v) is 2.18. The van der Waals surface area contributed by atoms with E-state index in [1.54, 1.807) is 16.6 Å². The number of halogens is 1. The molecule has 0 saturated carbocycles. The van der Waals surface area contributed by atoms with Crippen LogP contribution in [-0.4, -0.2) is 19.6 Å². The van der Waals surface area contributed by atoms with E-state index in [-0.39, 0.29) is 5.82 Å². The quantitative estimate of drug-likeness (QED) is 0.658. The van der Waals surface area contributed by atoms with Gasteiger partial charge < -0.3 is 0 Å². The Labute approximate surface area is 103 Å². The molecule has 0 atom stereocenters. The number of hydrogen-bond acceptors (Lipinski definition) is 3. The third kappa shape index (κ3) is 1.48. The molecule has 0 saturated heterocycles. The van der Waals surface area contributed by atoms with E-state index in [1.807, 2.05) is 19.9 Å². The van der Waals surface area contributed by atoms with Crippen LogP contribution in [0.1, 0.15) is 11.4 Å². The fraction of sp³-hybridized carbons (Fsp3) is 0.154. The summed E-state index contributed by atoms with van der Waals surface area (Å²) in [6.45, 7) is 3.74. The Bertz CT molecular complexity index is 733. The van der Waals surface area contributed by atoms with Crippen LogP contribution in [0.5, 0.6) is 0 Å². The van der Waals surface area contributed by atoms with Crippen LogP contribution in [0.15, 0.2) is 30.6 Å². The third-order valence-corrected chi connectivity index (χ3v) is 2.98. The van der Waals surface area contributed by atoms with E-state index in [2.05, 4.69) is 15.1 Å². The molecule has 5 heteroatoms. The van der Waals surface area contributed by atoms with Gasteiger partial charge in [-0.1, -0.05) is 18.2 Å². The summed E-state index contributed by atoms with van der Waals surface area (Å²) >= 11 is 0. The maximum atomic E-state index is 13.9. The highest BCUT2D eigenvalue weighted by Gasteiger charge is 2.15. The van der Waals surface area contributed by atoms with Crippen molar-refractivity contribution in [1.29, 1.82) is 0 Å². The van der Waals surface area contributed by atoms with Crippen molar-refractivity contribution in [2.45, 2.75) is 13.8 Å². The van der Waals surface area contributed by atoms with E-state index in [9.17, 15) is 4.39 Å². The zero-order valence-corrected chi connectivity index (χ0v) is 10.1. The van der Waals surface area contributed by atoms with Crippen LogP contribution in [0.4, 0.5) is 4.39 Å². The van der Waals surface area contributed by atoms with Crippen molar-refractivity contribution in [2.24, 2.45) is 0 Å². The molecule has 1 aromatic carbocycles. The highest BCUT2D eigenvalue weighted by molar-refractivity contribution is 5.69. The lowest BCUT2D eigenvalue weighted by atomic mass is 10.0. The first-order chi connectivity index (χ1) is 8.68. The lowest BCUT2D eigenvalue weighted by Gasteiger charge is -2.11. The van der Waals surface area contributed by atoms with Gasteiger partial charge in [0, 0.05) is 11.1 Å². The molecular weight excluding hydrogens is 231 g/mol. The minimum Gasteiger partial charge on any atom is -0.216 e. The van der Waals surface area contributed by atoms with Gasteiger partial charge in [-0.2, -0.15) is 10.1 Å². The van der Waals surface area contributed by atoms with Gasteiger partial charge in [0.05, 0.1) is 11.4 Å². The third-order valence-electron chi connectivity index (χ3n) is 2.98. The Balaban J connectivity index is 2.39. The summed E-state index contributed by atoms with van der Waals surface area (Å²) in [4.78, 5) is 8.38. The zero-order chi connectivity index (χ0) is 12.7. The first-order valence-electron chi connectivity index (χ1n) is 5.60. The summed E-state index contributed by atoms with van der Waals surface area (Å²) in [6, 6.07) is 6.67. The molecule has 0 unspecified atom stereocenters. The number of rotatable bonds is 1. The Hall–Kier alpha value is -2.30. The van der Waals surface area contributed by atoms with Crippen molar-refractivity contribution in [1.82, 2.24) is 19.6 Å². The number of benzene rings is 1.